The second kappa shape index (κ2) is 2.95. The van der Waals surface area contributed by atoms with E-state index in [1.165, 1.54) is 9.76 Å². The largest absolute Gasteiger partial charge is 0.438 e. The van der Waals surface area contributed by atoms with Crippen molar-refractivity contribution in [3.05, 3.63) is 0 Å². The smallest absolute Gasteiger partial charge is 0.155 e. The second-order valence-electron chi connectivity index (χ2n) is 3.29. The van der Waals surface area contributed by atoms with Gasteiger partial charge in [-0.1, -0.05) is 20.8 Å². The van der Waals surface area contributed by atoms with Crippen LogP contribution in [0, 0.1) is 0 Å². The van der Waals surface area contributed by atoms with Gasteiger partial charge in [0, 0.05) is 8.55 Å². The van der Waals surface area contributed by atoms with Crippen LogP contribution in [0.1, 0.15) is 20.8 Å². The molecule has 0 rings (SSSR count). The van der Waals surface area contributed by atoms with Gasteiger partial charge in [0.2, 0.25) is 0 Å². The number of rotatable bonds is 1. The molecule has 0 bridgehead atoms. The van der Waals surface area contributed by atoms with Gasteiger partial charge in [-0.25, -0.2) is 0 Å². The minimum atomic E-state index is -1.17. The zero-order valence-corrected chi connectivity index (χ0v) is 10.8. The highest BCUT2D eigenvalue weighted by molar-refractivity contribution is 7.29. The third-order valence-electron chi connectivity index (χ3n) is 1.39. The zero-order chi connectivity index (χ0) is 6.78. The van der Waals surface area contributed by atoms with Crippen molar-refractivity contribution in [3.63, 3.8) is 0 Å². The van der Waals surface area contributed by atoms with Crippen LogP contribution in [0.2, 0.25) is 5.04 Å². The van der Waals surface area contributed by atoms with Gasteiger partial charge in [0.25, 0.3) is 0 Å². The minimum absolute atomic E-state index is 0.0675. The lowest BCUT2D eigenvalue weighted by Crippen LogP contribution is -2.32. The first-order valence-corrected chi connectivity index (χ1v) is 13.2. The Morgan fingerprint density at radius 1 is 1.50 bits per heavy atom. The van der Waals surface area contributed by atoms with Crippen molar-refractivity contribution in [1.82, 2.24) is 0 Å². The molecular weight excluding hydrogens is 148 g/mol. The molecule has 0 aliphatic rings. The summed E-state index contributed by atoms with van der Waals surface area (Å²) in [7, 11) is 0.203. The van der Waals surface area contributed by atoms with Gasteiger partial charge in [0.1, 0.15) is 0 Å². The van der Waals surface area contributed by atoms with Crippen molar-refractivity contribution in [1.29, 1.82) is 0 Å². The summed E-state index contributed by atoms with van der Waals surface area (Å²) in [5.74, 6) is 0. The highest BCUT2D eigenvalue weighted by Gasteiger charge is 2.21. The SMILES string of the molecule is CC(C)(C)[SiH](O)[SiH2][SiH3]. The van der Waals surface area contributed by atoms with Crippen LogP contribution in [-0.2, 0) is 0 Å². The van der Waals surface area contributed by atoms with E-state index < -0.39 is 8.56 Å². The van der Waals surface area contributed by atoms with Crippen LogP contribution in [0.25, 0.3) is 0 Å². The molecule has 4 heteroatoms. The Hall–Kier alpha value is 0.611. The maximum Gasteiger partial charge on any atom is 0.155 e. The van der Waals surface area contributed by atoms with Crippen LogP contribution in [0.3, 0.4) is 0 Å². The molecule has 0 aromatic rings. The first kappa shape index (κ1) is 8.61. The summed E-state index contributed by atoms with van der Waals surface area (Å²) in [5, 5.41) is 0.300. The van der Waals surface area contributed by atoms with Crippen molar-refractivity contribution in [2.75, 3.05) is 0 Å². The fraction of sp³-hybridized carbons (Fsp3) is 1.00. The normalized spacial score (nSPS) is 18.0. The van der Waals surface area contributed by atoms with Gasteiger partial charge in [-0.2, -0.15) is 0 Å². The third-order valence-corrected chi connectivity index (χ3v) is 17.1. The van der Waals surface area contributed by atoms with Crippen LogP contribution in [-0.4, -0.2) is 31.7 Å². The average Bonchev–Trinajstić information content (AvgIpc) is 1.62. The fourth-order valence-electron chi connectivity index (χ4n) is 0.612. The van der Waals surface area contributed by atoms with E-state index in [1.54, 1.807) is 0 Å². The summed E-state index contributed by atoms with van der Waals surface area (Å²) in [6.45, 7) is 6.48. The molecule has 0 saturated heterocycles. The van der Waals surface area contributed by atoms with E-state index >= 15 is 0 Å². The third kappa shape index (κ3) is 2.81. The molecule has 0 radical (unpaired) electrons. The van der Waals surface area contributed by atoms with Gasteiger partial charge in [0.05, 0.1) is 0 Å². The summed E-state index contributed by atoms with van der Waals surface area (Å²) in [4.78, 5) is 9.43. The average molecular weight is 164 g/mol. The summed E-state index contributed by atoms with van der Waals surface area (Å²) >= 11 is 0. The Labute approximate surface area is 58.1 Å². The Morgan fingerprint density at radius 3 is 1.88 bits per heavy atom. The van der Waals surface area contributed by atoms with Crippen LogP contribution in [0.5, 0.6) is 0 Å². The van der Waals surface area contributed by atoms with Crippen molar-refractivity contribution in [2.45, 2.75) is 25.8 Å². The molecular formula is C4H16OSi3. The van der Waals surface area contributed by atoms with Gasteiger partial charge < -0.3 is 4.80 Å². The van der Waals surface area contributed by atoms with E-state index in [0.717, 1.165) is 0 Å². The topological polar surface area (TPSA) is 20.2 Å². The Bertz CT molecular complexity index is 68.2. The van der Waals surface area contributed by atoms with E-state index in [4.69, 9.17) is 0 Å². The van der Waals surface area contributed by atoms with Crippen molar-refractivity contribution in [2.24, 2.45) is 0 Å². The standard InChI is InChI=1S/C4H16OSi3/c1-4(2,3)8(5)7-6/h5,8H,7H2,1-3,6H3. The van der Waals surface area contributed by atoms with Crippen molar-refractivity contribution in [3.8, 4) is 0 Å². The molecule has 0 aromatic heterocycles. The van der Waals surface area contributed by atoms with Gasteiger partial charge in [0.15, 0.2) is 8.56 Å². The molecule has 0 aromatic carbocycles. The molecule has 1 atom stereocenters. The monoisotopic (exact) mass is 164 g/mol. The van der Waals surface area contributed by atoms with Gasteiger partial charge in [-0.3, -0.25) is 0 Å². The molecule has 0 aliphatic heterocycles. The molecule has 0 fully saturated rings. The Balaban J connectivity index is 3.62. The summed E-state index contributed by atoms with van der Waals surface area (Å²) in [6, 6.07) is 0. The van der Waals surface area contributed by atoms with Crippen molar-refractivity contribution >= 4 is 26.9 Å². The minimum Gasteiger partial charge on any atom is -0.438 e. The number of hydrogen-bond acceptors (Lipinski definition) is 1. The first-order valence-electron chi connectivity index (χ1n) is 3.16. The Kier molecular flexibility index (Phi) is 3.18. The zero-order valence-electron chi connectivity index (χ0n) is 6.23. The molecule has 0 heterocycles. The van der Waals surface area contributed by atoms with Crippen LogP contribution < -0.4 is 0 Å². The molecule has 50 valence electrons. The predicted octanol–water partition coefficient (Wildman–Crippen LogP) is -1.55. The molecule has 0 amide bonds. The maximum atomic E-state index is 9.43. The van der Waals surface area contributed by atoms with Crippen LogP contribution in [0.4, 0.5) is 0 Å². The lowest BCUT2D eigenvalue weighted by atomic mass is 10.3. The molecule has 1 nitrogen and oxygen atoms in total. The molecule has 8 heavy (non-hydrogen) atoms. The molecule has 0 spiro atoms. The van der Waals surface area contributed by atoms with Crippen molar-refractivity contribution < 1.29 is 4.80 Å². The lowest BCUT2D eigenvalue weighted by molar-refractivity contribution is 0.534. The summed E-state index contributed by atoms with van der Waals surface area (Å²) in [5.41, 5.74) is 0. The van der Waals surface area contributed by atoms with E-state index in [-0.39, 0.29) is 8.55 Å². The van der Waals surface area contributed by atoms with E-state index in [1.807, 2.05) is 0 Å². The summed E-state index contributed by atoms with van der Waals surface area (Å²) in [6.07, 6.45) is 0. The maximum absolute atomic E-state index is 9.43. The van der Waals surface area contributed by atoms with Crippen LogP contribution in [0.15, 0.2) is 0 Å². The second-order valence-corrected chi connectivity index (χ2v) is 19.0. The van der Waals surface area contributed by atoms with E-state index in [9.17, 15) is 4.80 Å². The van der Waals surface area contributed by atoms with Gasteiger partial charge >= 0.3 is 0 Å². The molecule has 1 N–H and O–H groups in total. The predicted molar refractivity (Wildman–Crippen MR) is 47.6 cm³/mol. The van der Waals surface area contributed by atoms with Gasteiger partial charge in [-0.05, 0) is 14.8 Å². The molecule has 0 saturated carbocycles. The molecule has 0 aliphatic carbocycles. The highest BCUT2D eigenvalue weighted by Crippen LogP contribution is 2.23. The number of hydrogen-bond donors (Lipinski definition) is 1. The highest BCUT2D eigenvalue weighted by atomic mass is 29.5. The van der Waals surface area contributed by atoms with E-state index in [2.05, 4.69) is 20.8 Å². The van der Waals surface area contributed by atoms with Crippen LogP contribution >= 0.6 is 0 Å². The van der Waals surface area contributed by atoms with Gasteiger partial charge in [-0.15, -0.1) is 0 Å². The quantitative estimate of drug-likeness (QED) is 0.465. The first-order chi connectivity index (χ1) is 3.48. The summed E-state index contributed by atoms with van der Waals surface area (Å²) < 4.78 is 0. The molecule has 1 unspecified atom stereocenters. The van der Waals surface area contributed by atoms with E-state index in [0.29, 0.717) is 5.04 Å². The fourth-order valence-corrected chi connectivity index (χ4v) is 16.5. The Morgan fingerprint density at radius 2 is 1.88 bits per heavy atom. The lowest BCUT2D eigenvalue weighted by Gasteiger charge is -2.22.